The fraction of sp³-hybridized carbons (Fsp3) is 0.143. The van der Waals surface area contributed by atoms with Crippen LogP contribution in [0.3, 0.4) is 0 Å². The van der Waals surface area contributed by atoms with E-state index in [1.165, 1.54) is 24.3 Å². The molecule has 2 N–H and O–H groups in total. The molecule has 100 valence electrons. The molecule has 0 fully saturated rings. The standard InChI is InChI=1S/C14H12BrF2NO/c1-8-2-3-10(16)4-9(8)7-19-14-12(15)5-11(17)6-13(14)18/h2-6H,7,18H2,1H3. The van der Waals surface area contributed by atoms with Gasteiger partial charge in [0.2, 0.25) is 0 Å². The molecule has 0 atom stereocenters. The van der Waals surface area contributed by atoms with Crippen molar-refractivity contribution in [1.82, 2.24) is 0 Å². The highest BCUT2D eigenvalue weighted by atomic mass is 79.9. The second kappa shape index (κ2) is 5.57. The molecule has 0 bridgehead atoms. The summed E-state index contributed by atoms with van der Waals surface area (Å²) in [5.41, 5.74) is 7.51. The molecule has 0 saturated carbocycles. The Labute approximate surface area is 118 Å². The molecule has 0 radical (unpaired) electrons. The molecule has 2 rings (SSSR count). The van der Waals surface area contributed by atoms with Crippen LogP contribution in [0.15, 0.2) is 34.8 Å². The van der Waals surface area contributed by atoms with E-state index in [-0.39, 0.29) is 18.1 Å². The Morgan fingerprint density at radius 2 is 1.89 bits per heavy atom. The van der Waals surface area contributed by atoms with E-state index in [1.807, 2.05) is 6.92 Å². The van der Waals surface area contributed by atoms with Crippen LogP contribution < -0.4 is 10.5 Å². The quantitative estimate of drug-likeness (QED) is 0.857. The lowest BCUT2D eigenvalue weighted by molar-refractivity contribution is 0.304. The van der Waals surface area contributed by atoms with Crippen molar-refractivity contribution in [1.29, 1.82) is 0 Å². The van der Waals surface area contributed by atoms with Crippen molar-refractivity contribution in [3.8, 4) is 5.75 Å². The normalized spacial score (nSPS) is 10.5. The monoisotopic (exact) mass is 327 g/mol. The number of anilines is 1. The number of aryl methyl sites for hydroxylation is 1. The molecule has 0 amide bonds. The summed E-state index contributed by atoms with van der Waals surface area (Å²) in [6, 6.07) is 6.92. The summed E-state index contributed by atoms with van der Waals surface area (Å²) in [6.07, 6.45) is 0. The van der Waals surface area contributed by atoms with Crippen LogP contribution in [-0.2, 0) is 6.61 Å². The SMILES string of the molecule is Cc1ccc(F)cc1COc1c(N)cc(F)cc1Br. The largest absolute Gasteiger partial charge is 0.486 e. The van der Waals surface area contributed by atoms with Gasteiger partial charge in [0.15, 0.2) is 5.75 Å². The van der Waals surface area contributed by atoms with Crippen molar-refractivity contribution in [2.45, 2.75) is 13.5 Å². The number of rotatable bonds is 3. The van der Waals surface area contributed by atoms with E-state index >= 15 is 0 Å². The van der Waals surface area contributed by atoms with Crippen LogP contribution in [0.4, 0.5) is 14.5 Å². The molecule has 19 heavy (non-hydrogen) atoms. The lowest BCUT2D eigenvalue weighted by Gasteiger charge is -2.12. The predicted octanol–water partition coefficient (Wildman–Crippen LogP) is 4.20. The first kappa shape index (κ1) is 13.8. The Hall–Kier alpha value is -1.62. The van der Waals surface area contributed by atoms with Crippen molar-refractivity contribution in [2.24, 2.45) is 0 Å². The summed E-state index contributed by atoms with van der Waals surface area (Å²) in [4.78, 5) is 0. The van der Waals surface area contributed by atoms with Crippen LogP contribution in [0, 0.1) is 18.6 Å². The van der Waals surface area contributed by atoms with Gasteiger partial charge in [0.05, 0.1) is 10.2 Å². The van der Waals surface area contributed by atoms with Gasteiger partial charge in [0.1, 0.15) is 18.2 Å². The van der Waals surface area contributed by atoms with Gasteiger partial charge in [-0.2, -0.15) is 0 Å². The molecule has 0 unspecified atom stereocenters. The summed E-state index contributed by atoms with van der Waals surface area (Å²) >= 11 is 3.19. The summed E-state index contributed by atoms with van der Waals surface area (Å²) < 4.78 is 32.2. The number of nitrogen functional groups attached to an aromatic ring is 1. The van der Waals surface area contributed by atoms with Gasteiger partial charge in [0, 0.05) is 6.07 Å². The molecule has 2 aromatic carbocycles. The van der Waals surface area contributed by atoms with E-state index in [9.17, 15) is 8.78 Å². The molecule has 0 saturated heterocycles. The van der Waals surface area contributed by atoms with E-state index in [0.717, 1.165) is 11.1 Å². The number of halogens is 3. The maximum absolute atomic E-state index is 13.1. The Kier molecular flexibility index (Phi) is 4.04. The maximum Gasteiger partial charge on any atom is 0.157 e. The fourth-order valence-corrected chi connectivity index (χ4v) is 2.24. The third kappa shape index (κ3) is 3.23. The van der Waals surface area contributed by atoms with Crippen LogP contribution >= 0.6 is 15.9 Å². The zero-order chi connectivity index (χ0) is 14.0. The number of benzene rings is 2. The molecule has 5 heteroatoms. The van der Waals surface area contributed by atoms with E-state index in [4.69, 9.17) is 10.5 Å². The Balaban J connectivity index is 2.21. The minimum Gasteiger partial charge on any atom is -0.486 e. The lowest BCUT2D eigenvalue weighted by Crippen LogP contribution is -2.02. The number of hydrogen-bond acceptors (Lipinski definition) is 2. The Morgan fingerprint density at radius 3 is 2.58 bits per heavy atom. The van der Waals surface area contributed by atoms with Gasteiger partial charge in [0.25, 0.3) is 0 Å². The zero-order valence-electron chi connectivity index (χ0n) is 10.2. The van der Waals surface area contributed by atoms with Gasteiger partial charge in [-0.15, -0.1) is 0 Å². The van der Waals surface area contributed by atoms with Gasteiger partial charge >= 0.3 is 0 Å². The van der Waals surface area contributed by atoms with Crippen molar-refractivity contribution >= 4 is 21.6 Å². The zero-order valence-corrected chi connectivity index (χ0v) is 11.8. The van der Waals surface area contributed by atoms with Crippen molar-refractivity contribution in [3.63, 3.8) is 0 Å². The smallest absolute Gasteiger partial charge is 0.157 e. The summed E-state index contributed by atoms with van der Waals surface area (Å²) in [6.45, 7) is 2.03. The molecule has 0 heterocycles. The fourth-order valence-electron chi connectivity index (χ4n) is 1.68. The van der Waals surface area contributed by atoms with Gasteiger partial charge in [-0.05, 0) is 52.2 Å². The van der Waals surface area contributed by atoms with Gasteiger partial charge in [-0.3, -0.25) is 0 Å². The highest BCUT2D eigenvalue weighted by molar-refractivity contribution is 9.10. The third-order valence-corrected chi connectivity index (χ3v) is 3.31. The minimum absolute atomic E-state index is 0.165. The van der Waals surface area contributed by atoms with Crippen LogP contribution in [0.2, 0.25) is 0 Å². The van der Waals surface area contributed by atoms with E-state index < -0.39 is 5.82 Å². The number of hydrogen-bond donors (Lipinski definition) is 1. The molecular weight excluding hydrogens is 316 g/mol. The van der Waals surface area contributed by atoms with Crippen LogP contribution in [0.25, 0.3) is 0 Å². The highest BCUT2D eigenvalue weighted by Crippen LogP contribution is 2.33. The Morgan fingerprint density at radius 1 is 1.16 bits per heavy atom. The van der Waals surface area contributed by atoms with Crippen molar-refractivity contribution < 1.29 is 13.5 Å². The molecule has 0 aliphatic carbocycles. The number of nitrogens with two attached hydrogens (primary N) is 1. The van der Waals surface area contributed by atoms with E-state index in [1.54, 1.807) is 6.07 Å². The minimum atomic E-state index is -0.446. The van der Waals surface area contributed by atoms with E-state index in [0.29, 0.717) is 10.2 Å². The van der Waals surface area contributed by atoms with Crippen LogP contribution in [0.1, 0.15) is 11.1 Å². The average molecular weight is 328 g/mol. The van der Waals surface area contributed by atoms with Crippen LogP contribution in [0.5, 0.6) is 5.75 Å². The molecule has 0 aliphatic heterocycles. The first-order valence-electron chi connectivity index (χ1n) is 5.59. The molecular formula is C14H12BrF2NO. The van der Waals surface area contributed by atoms with Gasteiger partial charge in [-0.25, -0.2) is 8.78 Å². The molecule has 2 nitrogen and oxygen atoms in total. The second-order valence-corrected chi connectivity index (χ2v) is 5.02. The molecule has 0 spiro atoms. The van der Waals surface area contributed by atoms with Crippen molar-refractivity contribution in [3.05, 3.63) is 57.6 Å². The predicted molar refractivity (Wildman–Crippen MR) is 74.0 cm³/mol. The Bertz CT molecular complexity index is 593. The van der Waals surface area contributed by atoms with E-state index in [2.05, 4.69) is 15.9 Å². The maximum atomic E-state index is 13.1. The summed E-state index contributed by atoms with van der Waals surface area (Å²) in [5, 5.41) is 0. The van der Waals surface area contributed by atoms with Crippen LogP contribution in [-0.4, -0.2) is 0 Å². The lowest BCUT2D eigenvalue weighted by atomic mass is 10.1. The first-order chi connectivity index (χ1) is 8.97. The molecule has 0 aliphatic rings. The first-order valence-corrected chi connectivity index (χ1v) is 6.39. The number of ether oxygens (including phenoxy) is 1. The van der Waals surface area contributed by atoms with Gasteiger partial charge < -0.3 is 10.5 Å². The molecule has 0 aromatic heterocycles. The molecule has 2 aromatic rings. The van der Waals surface area contributed by atoms with Gasteiger partial charge in [-0.1, -0.05) is 6.07 Å². The summed E-state index contributed by atoms with van der Waals surface area (Å²) in [5.74, 6) is -0.418. The average Bonchev–Trinajstić information content (AvgIpc) is 2.32. The topological polar surface area (TPSA) is 35.2 Å². The highest BCUT2D eigenvalue weighted by Gasteiger charge is 2.10. The summed E-state index contributed by atoms with van der Waals surface area (Å²) in [7, 11) is 0. The van der Waals surface area contributed by atoms with Crippen molar-refractivity contribution in [2.75, 3.05) is 5.73 Å². The third-order valence-electron chi connectivity index (χ3n) is 2.72. The second-order valence-electron chi connectivity index (χ2n) is 4.17.